The van der Waals surface area contributed by atoms with Crippen molar-refractivity contribution in [3.05, 3.63) is 65.1 Å². The SMILES string of the molecule is COc1cc(C2SC(C)=Nc3c2c(C)nn3-c2cccc(F)c2)ccc1OCC(N)=O. The van der Waals surface area contributed by atoms with Crippen molar-refractivity contribution in [3.8, 4) is 17.2 Å². The molecule has 0 aliphatic carbocycles. The summed E-state index contributed by atoms with van der Waals surface area (Å²) in [6, 6.07) is 11.8. The van der Waals surface area contributed by atoms with Crippen molar-refractivity contribution in [1.29, 1.82) is 0 Å². The summed E-state index contributed by atoms with van der Waals surface area (Å²) in [5.41, 5.74) is 8.50. The maximum absolute atomic E-state index is 13.8. The number of benzene rings is 2. The third-order valence-electron chi connectivity index (χ3n) is 4.81. The number of nitrogens with two attached hydrogens (primary N) is 1. The van der Waals surface area contributed by atoms with Crippen LogP contribution in [0, 0.1) is 12.7 Å². The van der Waals surface area contributed by atoms with E-state index in [2.05, 4.69) is 5.10 Å². The number of carbonyl (C=O) groups excluding carboxylic acids is 1. The average Bonchev–Trinajstić information content (AvgIpc) is 3.07. The number of hydrogen-bond donors (Lipinski definition) is 1. The second-order valence-electron chi connectivity index (χ2n) is 7.01. The molecule has 2 aromatic carbocycles. The third kappa shape index (κ3) is 4.13. The zero-order valence-electron chi connectivity index (χ0n) is 17.3. The smallest absolute Gasteiger partial charge is 0.255 e. The zero-order chi connectivity index (χ0) is 22.1. The molecule has 1 aliphatic heterocycles. The van der Waals surface area contributed by atoms with Gasteiger partial charge >= 0.3 is 0 Å². The first-order valence-electron chi connectivity index (χ1n) is 9.54. The van der Waals surface area contributed by atoms with Crippen molar-refractivity contribution in [1.82, 2.24) is 9.78 Å². The molecule has 1 atom stereocenters. The van der Waals surface area contributed by atoms with Crippen LogP contribution < -0.4 is 15.2 Å². The molecule has 9 heteroatoms. The van der Waals surface area contributed by atoms with Gasteiger partial charge in [-0.2, -0.15) is 5.10 Å². The highest BCUT2D eigenvalue weighted by atomic mass is 32.2. The van der Waals surface area contributed by atoms with Crippen molar-refractivity contribution in [3.63, 3.8) is 0 Å². The number of methoxy groups -OCH3 is 1. The van der Waals surface area contributed by atoms with E-state index < -0.39 is 5.91 Å². The molecule has 0 saturated heterocycles. The summed E-state index contributed by atoms with van der Waals surface area (Å²) in [6.45, 7) is 3.61. The molecule has 2 heterocycles. The van der Waals surface area contributed by atoms with Crippen LogP contribution in [-0.4, -0.2) is 34.4 Å². The van der Waals surface area contributed by atoms with Crippen LogP contribution in [0.15, 0.2) is 47.5 Å². The van der Waals surface area contributed by atoms with E-state index in [0.717, 1.165) is 21.9 Å². The molecular formula is C22H21FN4O3S. The molecule has 3 aromatic rings. The van der Waals surface area contributed by atoms with Crippen LogP contribution >= 0.6 is 11.8 Å². The summed E-state index contributed by atoms with van der Waals surface area (Å²) >= 11 is 1.60. The van der Waals surface area contributed by atoms with E-state index in [1.165, 1.54) is 19.2 Å². The Balaban J connectivity index is 1.77. The van der Waals surface area contributed by atoms with Crippen LogP contribution in [-0.2, 0) is 4.79 Å². The number of hydrogen-bond acceptors (Lipinski definition) is 6. The largest absolute Gasteiger partial charge is 0.493 e. The summed E-state index contributed by atoms with van der Waals surface area (Å²) in [5.74, 6) is 0.709. The van der Waals surface area contributed by atoms with Gasteiger partial charge in [0.1, 0.15) is 5.82 Å². The van der Waals surface area contributed by atoms with Gasteiger partial charge < -0.3 is 15.2 Å². The predicted octanol–water partition coefficient (Wildman–Crippen LogP) is 4.08. The zero-order valence-corrected chi connectivity index (χ0v) is 18.1. The van der Waals surface area contributed by atoms with Crippen molar-refractivity contribution in [2.24, 2.45) is 10.7 Å². The van der Waals surface area contributed by atoms with E-state index in [1.54, 1.807) is 34.6 Å². The molecule has 0 bridgehead atoms. The Morgan fingerprint density at radius 3 is 2.74 bits per heavy atom. The van der Waals surface area contributed by atoms with Crippen molar-refractivity contribution >= 4 is 28.5 Å². The monoisotopic (exact) mass is 440 g/mol. The molecule has 1 unspecified atom stereocenters. The van der Waals surface area contributed by atoms with E-state index in [4.69, 9.17) is 20.2 Å². The van der Waals surface area contributed by atoms with Crippen LogP contribution in [0.4, 0.5) is 10.2 Å². The molecule has 31 heavy (non-hydrogen) atoms. The van der Waals surface area contributed by atoms with Crippen LogP contribution in [0.3, 0.4) is 0 Å². The maximum atomic E-state index is 13.8. The van der Waals surface area contributed by atoms with Crippen molar-refractivity contribution in [2.75, 3.05) is 13.7 Å². The second kappa shape index (κ2) is 8.43. The number of rotatable bonds is 6. The Bertz CT molecular complexity index is 1190. The third-order valence-corrected chi connectivity index (χ3v) is 5.98. The lowest BCUT2D eigenvalue weighted by molar-refractivity contribution is -0.119. The highest BCUT2D eigenvalue weighted by molar-refractivity contribution is 8.14. The first kappa shape index (κ1) is 20.9. The van der Waals surface area contributed by atoms with E-state index in [0.29, 0.717) is 23.0 Å². The van der Waals surface area contributed by atoms with Gasteiger partial charge in [0.25, 0.3) is 5.91 Å². The standard InChI is InChI=1S/C22H21FN4O3S/c1-12-20-21(14-7-8-17(18(9-14)29-3)30-11-19(24)28)31-13(2)25-22(20)27(26-12)16-6-4-5-15(23)10-16/h4-10,21H,11H2,1-3H3,(H2,24,28). The predicted molar refractivity (Wildman–Crippen MR) is 118 cm³/mol. The lowest BCUT2D eigenvalue weighted by Gasteiger charge is -2.23. The number of aliphatic imine (C=N–C) groups is 1. The van der Waals surface area contributed by atoms with Gasteiger partial charge in [-0.15, -0.1) is 0 Å². The molecule has 1 aromatic heterocycles. The second-order valence-corrected chi connectivity index (χ2v) is 8.31. The highest BCUT2D eigenvalue weighted by Crippen LogP contribution is 2.48. The number of carbonyl (C=O) groups is 1. The first-order valence-corrected chi connectivity index (χ1v) is 10.4. The fourth-order valence-electron chi connectivity index (χ4n) is 3.48. The maximum Gasteiger partial charge on any atom is 0.255 e. The minimum Gasteiger partial charge on any atom is -0.493 e. The van der Waals surface area contributed by atoms with Gasteiger partial charge in [-0.25, -0.2) is 14.1 Å². The number of halogens is 1. The lowest BCUT2D eigenvalue weighted by atomic mass is 10.0. The minimum atomic E-state index is -0.564. The molecule has 0 radical (unpaired) electrons. The first-order chi connectivity index (χ1) is 14.9. The molecule has 0 saturated carbocycles. The number of primary amides is 1. The summed E-state index contributed by atoms with van der Waals surface area (Å²) in [6.07, 6.45) is 0. The van der Waals surface area contributed by atoms with Gasteiger partial charge in [-0.3, -0.25) is 4.79 Å². The van der Waals surface area contributed by atoms with Gasteiger partial charge in [0, 0.05) is 5.56 Å². The normalized spacial score (nSPS) is 15.2. The summed E-state index contributed by atoms with van der Waals surface area (Å²) < 4.78 is 26.4. The highest BCUT2D eigenvalue weighted by Gasteiger charge is 2.31. The summed E-state index contributed by atoms with van der Waals surface area (Å²) in [5, 5.41) is 5.42. The number of fused-ring (bicyclic) bond motifs is 1. The number of thioether (sulfide) groups is 1. The molecule has 160 valence electrons. The Hall–Kier alpha value is -3.33. The van der Waals surface area contributed by atoms with E-state index in [9.17, 15) is 9.18 Å². The Morgan fingerprint density at radius 2 is 2.03 bits per heavy atom. The van der Waals surface area contributed by atoms with E-state index in [-0.39, 0.29) is 17.7 Å². The Labute approximate surface area is 183 Å². The quantitative estimate of drug-likeness (QED) is 0.624. The van der Waals surface area contributed by atoms with Gasteiger partial charge in [0.2, 0.25) is 0 Å². The van der Waals surface area contributed by atoms with Crippen LogP contribution in [0.1, 0.15) is 29.0 Å². The Kier molecular flexibility index (Phi) is 5.69. The number of aryl methyl sites for hydroxylation is 1. The van der Waals surface area contributed by atoms with E-state index >= 15 is 0 Å². The average molecular weight is 441 g/mol. The topological polar surface area (TPSA) is 91.7 Å². The number of amides is 1. The molecule has 7 nitrogen and oxygen atoms in total. The van der Waals surface area contributed by atoms with Crippen LogP contribution in [0.25, 0.3) is 5.69 Å². The van der Waals surface area contributed by atoms with Crippen LogP contribution in [0.5, 0.6) is 11.5 Å². The molecule has 4 rings (SSSR count). The Morgan fingerprint density at radius 1 is 1.23 bits per heavy atom. The molecule has 1 amide bonds. The fraction of sp³-hybridized carbons (Fsp3) is 0.227. The molecule has 0 spiro atoms. The number of aromatic nitrogens is 2. The van der Waals surface area contributed by atoms with Crippen LogP contribution in [0.2, 0.25) is 0 Å². The van der Waals surface area contributed by atoms with Gasteiger partial charge in [-0.05, 0) is 49.7 Å². The molecule has 1 aliphatic rings. The van der Waals surface area contributed by atoms with Crippen molar-refractivity contribution in [2.45, 2.75) is 19.1 Å². The number of ether oxygens (including phenoxy) is 2. The molecule has 0 fully saturated rings. The molecular weight excluding hydrogens is 419 g/mol. The van der Waals surface area contributed by atoms with Gasteiger partial charge in [-0.1, -0.05) is 23.9 Å². The number of nitrogens with zero attached hydrogens (tertiary/aromatic N) is 3. The summed E-state index contributed by atoms with van der Waals surface area (Å²) in [4.78, 5) is 15.8. The summed E-state index contributed by atoms with van der Waals surface area (Å²) in [7, 11) is 1.54. The fourth-order valence-corrected chi connectivity index (χ4v) is 4.64. The molecule has 2 N–H and O–H groups in total. The van der Waals surface area contributed by atoms with Crippen molar-refractivity contribution < 1.29 is 18.7 Å². The minimum absolute atomic E-state index is 0.0890. The lowest BCUT2D eigenvalue weighted by Crippen LogP contribution is -2.20. The van der Waals surface area contributed by atoms with E-state index in [1.807, 2.05) is 26.0 Å². The van der Waals surface area contributed by atoms with Gasteiger partial charge in [0.15, 0.2) is 23.9 Å². The van der Waals surface area contributed by atoms with Gasteiger partial charge in [0.05, 0.1) is 28.8 Å².